The Bertz CT molecular complexity index is 1030. The minimum atomic E-state index is -3.55. The van der Waals surface area contributed by atoms with Crippen molar-refractivity contribution in [1.82, 2.24) is 5.32 Å². The first-order valence-corrected chi connectivity index (χ1v) is 11.3. The number of hydrogen-bond donors (Lipinski definition) is 1. The topological polar surface area (TPSA) is 92.8 Å². The van der Waals surface area contributed by atoms with E-state index in [9.17, 15) is 18.0 Å². The Kier molecular flexibility index (Phi) is 5.27. The van der Waals surface area contributed by atoms with Crippen LogP contribution in [-0.4, -0.2) is 33.0 Å². The van der Waals surface area contributed by atoms with Gasteiger partial charge in [0.25, 0.3) is 0 Å². The van der Waals surface area contributed by atoms with Crippen molar-refractivity contribution in [2.24, 2.45) is 0 Å². The summed E-state index contributed by atoms with van der Waals surface area (Å²) in [6, 6.07) is 12.8. The standard InChI is InChI=1S/C21H22N2O5S/c24-20-13-23(21(25)22-20)16-10-8-15(9-11-16)14-29(26,27)19-7-3-6-18(12-19)28-17-4-1-2-5-17/h3,6-12,17H,1-2,4-5,13-14H2,(H,22,24,25). The van der Waals surface area contributed by atoms with Crippen molar-refractivity contribution in [3.8, 4) is 5.75 Å². The van der Waals surface area contributed by atoms with E-state index in [0.29, 0.717) is 17.0 Å². The number of carbonyl (C=O) groups excluding carboxylic acids is 2. The molecule has 2 aromatic carbocycles. The Balaban J connectivity index is 1.47. The van der Waals surface area contributed by atoms with Crippen LogP contribution in [0.25, 0.3) is 0 Å². The lowest BCUT2D eigenvalue weighted by Gasteiger charge is -2.15. The van der Waals surface area contributed by atoms with Gasteiger partial charge in [-0.1, -0.05) is 18.2 Å². The third-order valence-electron chi connectivity index (χ3n) is 5.17. The van der Waals surface area contributed by atoms with E-state index in [1.807, 2.05) is 0 Å². The number of benzene rings is 2. The van der Waals surface area contributed by atoms with E-state index in [0.717, 1.165) is 25.7 Å². The molecule has 7 nitrogen and oxygen atoms in total. The lowest BCUT2D eigenvalue weighted by Crippen LogP contribution is -2.27. The summed E-state index contributed by atoms with van der Waals surface area (Å²) in [5, 5.41) is 2.21. The van der Waals surface area contributed by atoms with Crippen molar-refractivity contribution in [1.29, 1.82) is 0 Å². The first-order valence-electron chi connectivity index (χ1n) is 9.60. The van der Waals surface area contributed by atoms with Crippen LogP contribution >= 0.6 is 0 Å². The Morgan fingerprint density at radius 1 is 1.03 bits per heavy atom. The summed E-state index contributed by atoms with van der Waals surface area (Å²) in [4.78, 5) is 24.6. The second-order valence-electron chi connectivity index (χ2n) is 7.36. The Morgan fingerprint density at radius 2 is 1.76 bits per heavy atom. The molecule has 1 aliphatic carbocycles. The molecule has 1 N–H and O–H groups in total. The molecule has 0 aromatic heterocycles. The van der Waals surface area contributed by atoms with Gasteiger partial charge in [0.1, 0.15) is 12.3 Å². The van der Waals surface area contributed by atoms with Gasteiger partial charge in [-0.15, -0.1) is 0 Å². The van der Waals surface area contributed by atoms with Gasteiger partial charge in [0.2, 0.25) is 5.91 Å². The van der Waals surface area contributed by atoms with Gasteiger partial charge in [-0.25, -0.2) is 13.2 Å². The monoisotopic (exact) mass is 414 g/mol. The van der Waals surface area contributed by atoms with Crippen molar-refractivity contribution >= 4 is 27.5 Å². The van der Waals surface area contributed by atoms with Crippen LogP contribution in [0.5, 0.6) is 5.75 Å². The molecule has 1 saturated heterocycles. The van der Waals surface area contributed by atoms with E-state index in [1.165, 1.54) is 4.90 Å². The Labute approximate surface area is 169 Å². The molecule has 0 bridgehead atoms. The summed E-state index contributed by atoms with van der Waals surface area (Å²) in [5.74, 6) is 0.0602. The van der Waals surface area contributed by atoms with Crippen LogP contribution in [0.3, 0.4) is 0 Å². The van der Waals surface area contributed by atoms with Gasteiger partial charge < -0.3 is 4.74 Å². The zero-order valence-corrected chi connectivity index (χ0v) is 16.7. The fourth-order valence-electron chi connectivity index (χ4n) is 3.66. The molecule has 4 rings (SSSR count). The number of nitrogens with one attached hydrogen (secondary N) is 1. The lowest BCUT2D eigenvalue weighted by atomic mass is 10.2. The molecule has 2 fully saturated rings. The zero-order chi connectivity index (χ0) is 20.4. The molecule has 1 aliphatic heterocycles. The molecule has 3 amide bonds. The van der Waals surface area contributed by atoms with Crippen LogP contribution < -0.4 is 15.0 Å². The fourth-order valence-corrected chi connectivity index (χ4v) is 5.04. The molecule has 2 aromatic rings. The number of amides is 3. The molecule has 0 atom stereocenters. The number of hydrogen-bond acceptors (Lipinski definition) is 5. The maximum atomic E-state index is 12.9. The van der Waals surface area contributed by atoms with Crippen molar-refractivity contribution < 1.29 is 22.7 Å². The smallest absolute Gasteiger partial charge is 0.329 e. The molecule has 0 radical (unpaired) electrons. The highest BCUT2D eigenvalue weighted by Gasteiger charge is 2.28. The number of ether oxygens (including phenoxy) is 1. The Hall–Kier alpha value is -2.87. The third-order valence-corrected chi connectivity index (χ3v) is 6.85. The second-order valence-corrected chi connectivity index (χ2v) is 9.35. The molecule has 1 saturated carbocycles. The number of nitrogens with zero attached hydrogens (tertiary/aromatic N) is 1. The molecular weight excluding hydrogens is 392 g/mol. The highest BCUT2D eigenvalue weighted by molar-refractivity contribution is 7.90. The molecule has 1 heterocycles. The summed E-state index contributed by atoms with van der Waals surface area (Å²) in [7, 11) is -3.55. The maximum Gasteiger partial charge on any atom is 0.329 e. The lowest BCUT2D eigenvalue weighted by molar-refractivity contribution is -0.117. The largest absolute Gasteiger partial charge is 0.490 e. The first kappa shape index (κ1) is 19.4. The zero-order valence-electron chi connectivity index (χ0n) is 15.8. The molecule has 8 heteroatoms. The molecular formula is C21H22N2O5S. The van der Waals surface area contributed by atoms with Gasteiger partial charge in [-0.2, -0.15) is 0 Å². The highest BCUT2D eigenvalue weighted by atomic mass is 32.2. The van der Waals surface area contributed by atoms with Gasteiger partial charge >= 0.3 is 6.03 Å². The van der Waals surface area contributed by atoms with Gasteiger partial charge in [-0.3, -0.25) is 15.0 Å². The number of anilines is 1. The van der Waals surface area contributed by atoms with Crippen molar-refractivity contribution in [2.75, 3.05) is 11.4 Å². The minimum absolute atomic E-state index is 0.0374. The van der Waals surface area contributed by atoms with Gasteiger partial charge in [-0.05, 0) is 61.6 Å². The number of sulfone groups is 1. The number of imide groups is 1. The number of urea groups is 1. The third kappa shape index (κ3) is 4.42. The summed E-state index contributed by atoms with van der Waals surface area (Å²) in [6.07, 6.45) is 4.46. The summed E-state index contributed by atoms with van der Waals surface area (Å²) < 4.78 is 31.6. The van der Waals surface area contributed by atoms with Crippen LogP contribution in [-0.2, 0) is 20.4 Å². The second kappa shape index (κ2) is 7.87. The molecule has 29 heavy (non-hydrogen) atoms. The van der Waals surface area contributed by atoms with Gasteiger partial charge in [0.05, 0.1) is 16.8 Å². The predicted octanol–water partition coefficient (Wildman–Crippen LogP) is 3.04. The summed E-state index contributed by atoms with van der Waals surface area (Å²) >= 11 is 0. The normalized spacial score (nSPS) is 17.6. The molecule has 2 aliphatic rings. The van der Waals surface area contributed by atoms with E-state index in [1.54, 1.807) is 48.5 Å². The van der Waals surface area contributed by atoms with Crippen molar-refractivity contribution in [2.45, 2.75) is 42.4 Å². The van der Waals surface area contributed by atoms with E-state index < -0.39 is 15.9 Å². The van der Waals surface area contributed by atoms with E-state index in [-0.39, 0.29) is 29.2 Å². The molecule has 0 unspecified atom stereocenters. The molecule has 0 spiro atoms. The Morgan fingerprint density at radius 3 is 2.41 bits per heavy atom. The van der Waals surface area contributed by atoms with Gasteiger partial charge in [0, 0.05) is 5.69 Å². The van der Waals surface area contributed by atoms with Crippen LogP contribution in [0.15, 0.2) is 53.4 Å². The van der Waals surface area contributed by atoms with Crippen molar-refractivity contribution in [3.63, 3.8) is 0 Å². The first-order chi connectivity index (χ1) is 13.9. The van der Waals surface area contributed by atoms with E-state index >= 15 is 0 Å². The quantitative estimate of drug-likeness (QED) is 0.734. The average molecular weight is 414 g/mol. The van der Waals surface area contributed by atoms with Crippen LogP contribution in [0.1, 0.15) is 31.2 Å². The van der Waals surface area contributed by atoms with E-state index in [4.69, 9.17) is 4.74 Å². The average Bonchev–Trinajstić information content (AvgIpc) is 3.31. The van der Waals surface area contributed by atoms with Crippen LogP contribution in [0, 0.1) is 0 Å². The van der Waals surface area contributed by atoms with Gasteiger partial charge in [0.15, 0.2) is 9.84 Å². The fraction of sp³-hybridized carbons (Fsp3) is 0.333. The van der Waals surface area contributed by atoms with Crippen molar-refractivity contribution in [3.05, 3.63) is 54.1 Å². The number of carbonyl (C=O) groups is 2. The maximum absolute atomic E-state index is 12.9. The van der Waals surface area contributed by atoms with Crippen LogP contribution in [0.2, 0.25) is 0 Å². The van der Waals surface area contributed by atoms with E-state index in [2.05, 4.69) is 5.32 Å². The SMILES string of the molecule is O=C1CN(c2ccc(CS(=O)(=O)c3cccc(OC4CCCC4)c3)cc2)C(=O)N1. The summed E-state index contributed by atoms with van der Waals surface area (Å²) in [6.45, 7) is -0.0374. The summed E-state index contributed by atoms with van der Waals surface area (Å²) in [5.41, 5.74) is 1.14. The highest BCUT2D eigenvalue weighted by Crippen LogP contribution is 2.27. The minimum Gasteiger partial charge on any atom is -0.490 e. The predicted molar refractivity (Wildman–Crippen MR) is 108 cm³/mol. The molecule has 152 valence electrons. The van der Waals surface area contributed by atoms with Crippen LogP contribution in [0.4, 0.5) is 10.5 Å². The number of rotatable bonds is 6.